The summed E-state index contributed by atoms with van der Waals surface area (Å²) in [6.45, 7) is 0. The van der Waals surface area contributed by atoms with Crippen LogP contribution in [0.5, 0.6) is 0 Å². The lowest BCUT2D eigenvalue weighted by Gasteiger charge is -2.09. The summed E-state index contributed by atoms with van der Waals surface area (Å²) in [5.41, 5.74) is 2.97. The van der Waals surface area contributed by atoms with Gasteiger partial charge in [0.2, 0.25) is 0 Å². The normalized spacial score (nSPS) is 11.3. The van der Waals surface area contributed by atoms with Crippen molar-refractivity contribution >= 4 is 29.8 Å². The Bertz CT molecular complexity index is 1090. The Morgan fingerprint density at radius 1 is 1.00 bits per heavy atom. The predicted molar refractivity (Wildman–Crippen MR) is 109 cm³/mol. The highest BCUT2D eigenvalue weighted by Gasteiger charge is 2.14. The molecule has 0 unspecified atom stereocenters. The van der Waals surface area contributed by atoms with Crippen molar-refractivity contribution in [1.82, 2.24) is 10.7 Å². The lowest BCUT2D eigenvalue weighted by Crippen LogP contribution is -2.32. The van der Waals surface area contributed by atoms with E-state index in [0.29, 0.717) is 16.9 Å². The van der Waals surface area contributed by atoms with Gasteiger partial charge in [-0.3, -0.25) is 19.7 Å². The maximum atomic E-state index is 12.6. The van der Waals surface area contributed by atoms with Crippen LogP contribution in [0.1, 0.15) is 21.7 Å². The molecule has 0 aliphatic rings. The van der Waals surface area contributed by atoms with Gasteiger partial charge in [-0.15, -0.1) is 0 Å². The minimum atomic E-state index is -0.680. The van der Waals surface area contributed by atoms with E-state index in [9.17, 15) is 19.7 Å². The second-order valence-corrected chi connectivity index (χ2v) is 5.94. The van der Waals surface area contributed by atoms with Crippen molar-refractivity contribution < 1.29 is 18.9 Å². The molecule has 9 nitrogen and oxygen atoms in total. The van der Waals surface area contributed by atoms with Gasteiger partial charge in [0.15, 0.2) is 0 Å². The molecule has 0 atom stereocenters. The van der Waals surface area contributed by atoms with Gasteiger partial charge in [0, 0.05) is 17.7 Å². The zero-order valence-corrected chi connectivity index (χ0v) is 15.5. The van der Waals surface area contributed by atoms with Gasteiger partial charge in [0.05, 0.1) is 17.4 Å². The molecule has 2 amide bonds. The highest BCUT2D eigenvalue weighted by molar-refractivity contribution is 6.05. The third-order valence-electron chi connectivity index (χ3n) is 3.84. The first-order valence-corrected chi connectivity index (χ1v) is 8.72. The Kier molecular flexibility index (Phi) is 6.47. The molecule has 2 N–H and O–H groups in total. The monoisotopic (exact) mass is 404 g/mol. The zero-order chi connectivity index (χ0) is 21.3. The number of furan rings is 1. The molecule has 3 rings (SSSR count). The van der Waals surface area contributed by atoms with E-state index in [-0.39, 0.29) is 11.4 Å². The van der Waals surface area contributed by atoms with Crippen LogP contribution in [-0.4, -0.2) is 23.0 Å². The number of nitrogens with one attached hydrogen (secondary N) is 2. The molecule has 3 aromatic rings. The first-order chi connectivity index (χ1) is 14.5. The third-order valence-corrected chi connectivity index (χ3v) is 3.84. The molecule has 0 saturated heterocycles. The number of benzene rings is 2. The lowest BCUT2D eigenvalue weighted by atomic mass is 10.1. The molecule has 1 heterocycles. The Morgan fingerprint density at radius 2 is 1.73 bits per heavy atom. The van der Waals surface area contributed by atoms with Crippen LogP contribution in [0.4, 0.5) is 5.69 Å². The minimum Gasteiger partial charge on any atom is -0.463 e. The van der Waals surface area contributed by atoms with Crippen LogP contribution in [0.2, 0.25) is 0 Å². The Labute approximate surface area is 170 Å². The number of carbonyl (C=O) groups is 2. The van der Waals surface area contributed by atoms with Crippen molar-refractivity contribution in [2.24, 2.45) is 5.10 Å². The van der Waals surface area contributed by atoms with E-state index in [1.54, 1.807) is 42.5 Å². The quantitative estimate of drug-likeness (QED) is 0.271. The largest absolute Gasteiger partial charge is 0.463 e. The number of nitrogens with zero attached hydrogens (tertiary/aromatic N) is 2. The topological polar surface area (TPSA) is 127 Å². The number of hydrogen-bond donors (Lipinski definition) is 2. The van der Waals surface area contributed by atoms with Gasteiger partial charge < -0.3 is 9.73 Å². The van der Waals surface area contributed by atoms with Crippen molar-refractivity contribution in [2.45, 2.75) is 0 Å². The summed E-state index contributed by atoms with van der Waals surface area (Å²) in [6, 6.07) is 17.2. The number of hydrazone groups is 1. The average Bonchev–Trinajstić information content (AvgIpc) is 3.27. The molecule has 0 radical (unpaired) electrons. The lowest BCUT2D eigenvalue weighted by molar-refractivity contribution is -0.384. The standard InChI is InChI=1S/C21H16N4O5/c26-20(16-5-2-1-3-6-16)23-19(13-15-8-10-17(11-9-15)25(28)29)21(27)24-22-14-18-7-4-12-30-18/h1-14H,(H,23,26)(H,24,27)/b19-13-,22-14+. The fourth-order valence-corrected chi connectivity index (χ4v) is 2.38. The molecule has 2 aromatic carbocycles. The Balaban J connectivity index is 1.82. The molecule has 0 spiro atoms. The molecular formula is C21H16N4O5. The number of amides is 2. The molecule has 150 valence electrons. The number of non-ortho nitro benzene ring substituents is 1. The van der Waals surface area contributed by atoms with Gasteiger partial charge in [-0.1, -0.05) is 18.2 Å². The van der Waals surface area contributed by atoms with Crippen LogP contribution in [0.3, 0.4) is 0 Å². The number of nitro groups is 1. The van der Waals surface area contributed by atoms with Crippen molar-refractivity contribution in [3.05, 3.63) is 106 Å². The van der Waals surface area contributed by atoms with E-state index in [1.165, 1.54) is 42.8 Å². The number of nitro benzene ring substituents is 1. The van der Waals surface area contributed by atoms with Gasteiger partial charge in [-0.05, 0) is 48.0 Å². The average molecular weight is 404 g/mol. The molecule has 1 aromatic heterocycles. The first-order valence-electron chi connectivity index (χ1n) is 8.72. The van der Waals surface area contributed by atoms with Crippen molar-refractivity contribution in [2.75, 3.05) is 0 Å². The van der Waals surface area contributed by atoms with Gasteiger partial charge in [-0.2, -0.15) is 5.10 Å². The van der Waals surface area contributed by atoms with Crippen LogP contribution in [0, 0.1) is 10.1 Å². The van der Waals surface area contributed by atoms with Crippen LogP contribution in [0.15, 0.2) is 88.2 Å². The van der Waals surface area contributed by atoms with Crippen molar-refractivity contribution in [3.8, 4) is 0 Å². The van der Waals surface area contributed by atoms with E-state index < -0.39 is 16.7 Å². The summed E-state index contributed by atoms with van der Waals surface area (Å²) in [5.74, 6) is -0.737. The van der Waals surface area contributed by atoms with Crippen LogP contribution in [-0.2, 0) is 4.79 Å². The SMILES string of the molecule is O=C(N/N=C/c1ccco1)/C(=C/c1ccc([N+](=O)[O-])cc1)NC(=O)c1ccccc1. The van der Waals surface area contributed by atoms with E-state index in [1.807, 2.05) is 0 Å². The number of hydrogen-bond acceptors (Lipinski definition) is 6. The summed E-state index contributed by atoms with van der Waals surface area (Å²) in [4.78, 5) is 35.3. The van der Waals surface area contributed by atoms with E-state index in [4.69, 9.17) is 4.42 Å². The Morgan fingerprint density at radius 3 is 2.37 bits per heavy atom. The molecule has 30 heavy (non-hydrogen) atoms. The van der Waals surface area contributed by atoms with Crippen LogP contribution < -0.4 is 10.7 Å². The fourth-order valence-electron chi connectivity index (χ4n) is 2.38. The van der Waals surface area contributed by atoms with Gasteiger partial charge in [0.25, 0.3) is 17.5 Å². The second-order valence-electron chi connectivity index (χ2n) is 5.94. The molecule has 0 saturated carbocycles. The van der Waals surface area contributed by atoms with Gasteiger partial charge in [-0.25, -0.2) is 5.43 Å². The van der Waals surface area contributed by atoms with E-state index >= 15 is 0 Å². The molecule has 0 fully saturated rings. The van der Waals surface area contributed by atoms with Gasteiger partial charge >= 0.3 is 0 Å². The summed E-state index contributed by atoms with van der Waals surface area (Å²) >= 11 is 0. The summed E-state index contributed by atoms with van der Waals surface area (Å²) in [6.07, 6.45) is 4.16. The number of carbonyl (C=O) groups excluding carboxylic acids is 2. The maximum absolute atomic E-state index is 12.6. The predicted octanol–water partition coefficient (Wildman–Crippen LogP) is 3.11. The van der Waals surface area contributed by atoms with E-state index in [2.05, 4.69) is 15.8 Å². The molecule has 0 aliphatic carbocycles. The smallest absolute Gasteiger partial charge is 0.287 e. The third kappa shape index (κ3) is 5.49. The highest BCUT2D eigenvalue weighted by Crippen LogP contribution is 2.14. The first kappa shape index (κ1) is 20.2. The fraction of sp³-hybridized carbons (Fsp3) is 0. The number of rotatable bonds is 7. The second kappa shape index (κ2) is 9.60. The molecule has 9 heteroatoms. The molecular weight excluding hydrogens is 388 g/mol. The van der Waals surface area contributed by atoms with Crippen LogP contribution >= 0.6 is 0 Å². The molecule has 0 bridgehead atoms. The van der Waals surface area contributed by atoms with Crippen LogP contribution in [0.25, 0.3) is 6.08 Å². The van der Waals surface area contributed by atoms with Crippen molar-refractivity contribution in [1.29, 1.82) is 0 Å². The zero-order valence-electron chi connectivity index (χ0n) is 15.5. The molecule has 0 aliphatic heterocycles. The summed E-state index contributed by atoms with van der Waals surface area (Å²) < 4.78 is 5.08. The van der Waals surface area contributed by atoms with Crippen molar-refractivity contribution in [3.63, 3.8) is 0 Å². The Hall–Kier alpha value is -4.53. The summed E-state index contributed by atoms with van der Waals surface area (Å²) in [7, 11) is 0. The van der Waals surface area contributed by atoms with E-state index in [0.717, 1.165) is 0 Å². The van der Waals surface area contributed by atoms with Gasteiger partial charge in [0.1, 0.15) is 11.5 Å². The summed E-state index contributed by atoms with van der Waals surface area (Å²) in [5, 5.41) is 17.1. The maximum Gasteiger partial charge on any atom is 0.287 e. The highest BCUT2D eigenvalue weighted by atomic mass is 16.6. The minimum absolute atomic E-state index is 0.0884.